The van der Waals surface area contributed by atoms with E-state index >= 15 is 0 Å². The molecule has 0 spiro atoms. The SMILES string of the molecule is CN(C)[C@@](C)(C(=O)O)c1cccc2ccccc12. The number of likely N-dealkylation sites (N-methyl/N-ethyl adjacent to an activating group) is 1. The molecule has 0 fully saturated rings. The molecule has 1 N–H and O–H groups in total. The normalized spacial score (nSPS) is 14.7. The van der Waals surface area contributed by atoms with Crippen LogP contribution in [-0.4, -0.2) is 30.1 Å². The Morgan fingerprint density at radius 1 is 1.11 bits per heavy atom. The van der Waals surface area contributed by atoms with Gasteiger partial charge in [0.2, 0.25) is 0 Å². The molecule has 2 aromatic rings. The van der Waals surface area contributed by atoms with E-state index < -0.39 is 11.5 Å². The summed E-state index contributed by atoms with van der Waals surface area (Å²) in [6.45, 7) is 1.73. The molecule has 0 saturated heterocycles. The Kier molecular flexibility index (Phi) is 3.09. The highest BCUT2D eigenvalue weighted by Gasteiger charge is 2.38. The van der Waals surface area contributed by atoms with E-state index in [2.05, 4.69) is 0 Å². The second kappa shape index (κ2) is 4.42. The monoisotopic (exact) mass is 243 g/mol. The van der Waals surface area contributed by atoms with Crippen molar-refractivity contribution in [3.63, 3.8) is 0 Å². The maximum Gasteiger partial charge on any atom is 0.328 e. The number of carboxylic acid groups (broad SMARTS) is 1. The van der Waals surface area contributed by atoms with Crippen molar-refractivity contribution in [3.8, 4) is 0 Å². The number of hydrogen-bond acceptors (Lipinski definition) is 2. The third-order valence-corrected chi connectivity index (χ3v) is 3.62. The van der Waals surface area contributed by atoms with Crippen molar-refractivity contribution in [2.45, 2.75) is 12.5 Å². The Bertz CT molecular complexity index is 587. The Hall–Kier alpha value is -1.87. The highest BCUT2D eigenvalue weighted by atomic mass is 16.4. The molecule has 3 nitrogen and oxygen atoms in total. The minimum absolute atomic E-state index is 0.818. The molecule has 0 bridgehead atoms. The molecular weight excluding hydrogens is 226 g/mol. The molecule has 0 amide bonds. The van der Waals surface area contributed by atoms with Gasteiger partial charge in [-0.3, -0.25) is 4.90 Å². The summed E-state index contributed by atoms with van der Waals surface area (Å²) < 4.78 is 0. The summed E-state index contributed by atoms with van der Waals surface area (Å²) in [6, 6.07) is 13.6. The zero-order valence-electron chi connectivity index (χ0n) is 10.8. The van der Waals surface area contributed by atoms with Gasteiger partial charge in [0.25, 0.3) is 0 Å². The number of benzene rings is 2. The predicted octanol–water partition coefficient (Wildman–Crippen LogP) is 2.70. The summed E-state index contributed by atoms with van der Waals surface area (Å²) >= 11 is 0. The number of hydrogen-bond donors (Lipinski definition) is 1. The molecule has 2 aromatic carbocycles. The molecule has 0 saturated carbocycles. The summed E-state index contributed by atoms with van der Waals surface area (Å²) in [7, 11) is 3.58. The van der Waals surface area contributed by atoms with E-state index in [0.717, 1.165) is 16.3 Å². The minimum Gasteiger partial charge on any atom is -0.480 e. The standard InChI is InChI=1S/C15H17NO2/c1-15(14(17)18,16(2)3)13-10-6-8-11-7-4-5-9-12(11)13/h4-10H,1-3H3,(H,17,18)/t15-/m1/s1. The number of nitrogens with zero attached hydrogens (tertiary/aromatic N) is 1. The third kappa shape index (κ3) is 1.77. The van der Waals surface area contributed by atoms with Crippen LogP contribution in [-0.2, 0) is 10.3 Å². The molecule has 18 heavy (non-hydrogen) atoms. The molecule has 2 rings (SSSR count). The van der Waals surface area contributed by atoms with Gasteiger partial charge in [0, 0.05) is 0 Å². The van der Waals surface area contributed by atoms with Gasteiger partial charge >= 0.3 is 5.97 Å². The van der Waals surface area contributed by atoms with Crippen LogP contribution in [0.2, 0.25) is 0 Å². The van der Waals surface area contributed by atoms with Crippen molar-refractivity contribution in [2.75, 3.05) is 14.1 Å². The molecule has 3 heteroatoms. The van der Waals surface area contributed by atoms with Crippen molar-refractivity contribution < 1.29 is 9.90 Å². The first-order valence-electron chi connectivity index (χ1n) is 5.87. The third-order valence-electron chi connectivity index (χ3n) is 3.62. The maximum absolute atomic E-state index is 11.7. The Morgan fingerprint density at radius 3 is 2.33 bits per heavy atom. The van der Waals surface area contributed by atoms with E-state index in [1.807, 2.05) is 42.5 Å². The zero-order valence-corrected chi connectivity index (χ0v) is 10.8. The lowest BCUT2D eigenvalue weighted by molar-refractivity contribution is -0.149. The molecule has 94 valence electrons. The van der Waals surface area contributed by atoms with Crippen LogP contribution in [0.4, 0.5) is 0 Å². The van der Waals surface area contributed by atoms with Crippen LogP contribution >= 0.6 is 0 Å². The minimum atomic E-state index is -1.03. The van der Waals surface area contributed by atoms with Crippen molar-refractivity contribution in [3.05, 3.63) is 48.0 Å². The van der Waals surface area contributed by atoms with Gasteiger partial charge in [-0.05, 0) is 37.4 Å². The first-order valence-corrected chi connectivity index (χ1v) is 5.87. The molecule has 0 aliphatic heterocycles. The summed E-state index contributed by atoms with van der Waals surface area (Å²) in [4.78, 5) is 13.4. The molecular formula is C15H17NO2. The maximum atomic E-state index is 11.7. The highest BCUT2D eigenvalue weighted by molar-refractivity contribution is 5.92. The fraction of sp³-hybridized carbons (Fsp3) is 0.267. The lowest BCUT2D eigenvalue weighted by atomic mass is 9.87. The molecule has 0 unspecified atom stereocenters. The van der Waals surface area contributed by atoms with Crippen LogP contribution in [0.25, 0.3) is 10.8 Å². The van der Waals surface area contributed by atoms with Crippen LogP contribution in [0.15, 0.2) is 42.5 Å². The Balaban J connectivity index is 2.77. The van der Waals surface area contributed by atoms with Crippen LogP contribution in [0.1, 0.15) is 12.5 Å². The second-order valence-corrected chi connectivity index (χ2v) is 4.80. The molecule has 0 aliphatic carbocycles. The fourth-order valence-electron chi connectivity index (χ4n) is 2.20. The molecule has 1 atom stereocenters. The van der Waals surface area contributed by atoms with E-state index in [1.165, 1.54) is 0 Å². The first-order chi connectivity index (χ1) is 8.48. The lowest BCUT2D eigenvalue weighted by Crippen LogP contribution is -2.45. The fourth-order valence-corrected chi connectivity index (χ4v) is 2.20. The van der Waals surface area contributed by atoms with E-state index in [9.17, 15) is 9.90 Å². The zero-order chi connectivity index (χ0) is 13.3. The van der Waals surface area contributed by atoms with E-state index in [1.54, 1.807) is 25.9 Å². The van der Waals surface area contributed by atoms with Crippen molar-refractivity contribution in [2.24, 2.45) is 0 Å². The second-order valence-electron chi connectivity index (χ2n) is 4.80. The number of fused-ring (bicyclic) bond motifs is 1. The highest BCUT2D eigenvalue weighted by Crippen LogP contribution is 2.32. The largest absolute Gasteiger partial charge is 0.480 e. The number of carboxylic acids is 1. The van der Waals surface area contributed by atoms with Gasteiger partial charge in [0.15, 0.2) is 0 Å². The van der Waals surface area contributed by atoms with Gasteiger partial charge in [-0.2, -0.15) is 0 Å². The quantitative estimate of drug-likeness (QED) is 0.901. The first kappa shape index (κ1) is 12.6. The van der Waals surface area contributed by atoms with Gasteiger partial charge in [0.1, 0.15) is 5.54 Å². The predicted molar refractivity (Wildman–Crippen MR) is 72.6 cm³/mol. The van der Waals surface area contributed by atoms with Crippen LogP contribution in [0.5, 0.6) is 0 Å². The lowest BCUT2D eigenvalue weighted by Gasteiger charge is -2.33. The van der Waals surface area contributed by atoms with Gasteiger partial charge in [-0.25, -0.2) is 4.79 Å². The topological polar surface area (TPSA) is 40.5 Å². The molecule has 0 heterocycles. The van der Waals surface area contributed by atoms with Crippen LogP contribution in [0, 0.1) is 0 Å². The molecule has 0 radical (unpaired) electrons. The van der Waals surface area contributed by atoms with Gasteiger partial charge in [0.05, 0.1) is 0 Å². The number of carbonyl (C=O) groups is 1. The van der Waals surface area contributed by atoms with Crippen molar-refractivity contribution in [1.82, 2.24) is 4.90 Å². The van der Waals surface area contributed by atoms with Crippen LogP contribution < -0.4 is 0 Å². The van der Waals surface area contributed by atoms with E-state index in [0.29, 0.717) is 0 Å². The van der Waals surface area contributed by atoms with E-state index in [4.69, 9.17) is 0 Å². The summed E-state index contributed by atoms with van der Waals surface area (Å²) in [5.41, 5.74) is -0.209. The molecule has 0 aliphatic rings. The van der Waals surface area contributed by atoms with Gasteiger partial charge in [-0.1, -0.05) is 42.5 Å². The average molecular weight is 243 g/mol. The summed E-state index contributed by atoms with van der Waals surface area (Å²) in [5.74, 6) is -0.844. The average Bonchev–Trinajstić information content (AvgIpc) is 2.36. The van der Waals surface area contributed by atoms with Gasteiger partial charge < -0.3 is 5.11 Å². The van der Waals surface area contributed by atoms with Crippen molar-refractivity contribution in [1.29, 1.82) is 0 Å². The smallest absolute Gasteiger partial charge is 0.328 e. The Morgan fingerprint density at radius 2 is 1.72 bits per heavy atom. The summed E-state index contributed by atoms with van der Waals surface area (Å²) in [6.07, 6.45) is 0. The summed E-state index contributed by atoms with van der Waals surface area (Å²) in [5, 5.41) is 11.6. The van der Waals surface area contributed by atoms with Crippen molar-refractivity contribution >= 4 is 16.7 Å². The van der Waals surface area contributed by atoms with E-state index in [-0.39, 0.29) is 0 Å². The number of aliphatic carboxylic acids is 1. The molecule has 0 aromatic heterocycles. The Labute approximate surface area is 107 Å². The van der Waals surface area contributed by atoms with Gasteiger partial charge in [-0.15, -0.1) is 0 Å². The number of rotatable bonds is 3. The van der Waals surface area contributed by atoms with Crippen LogP contribution in [0.3, 0.4) is 0 Å².